The van der Waals surface area contributed by atoms with Crippen LogP contribution in [0.1, 0.15) is 0 Å². The van der Waals surface area contributed by atoms with E-state index in [1.165, 1.54) is 7.11 Å². The van der Waals surface area contributed by atoms with Gasteiger partial charge < -0.3 is 9.47 Å². The molecule has 0 aromatic heterocycles. The number of hydrogen-bond acceptors (Lipinski definition) is 4. The van der Waals surface area contributed by atoms with E-state index in [1.807, 2.05) is 0 Å². The topological polar surface area (TPSA) is 72.8 Å². The maximum atomic E-state index is 13.4. The number of halogens is 7. The Bertz CT molecular complexity index is 668. The van der Waals surface area contributed by atoms with Gasteiger partial charge in [-0.15, -0.1) is 0 Å². The van der Waals surface area contributed by atoms with Gasteiger partial charge in [-0.1, -0.05) is 0 Å². The van der Waals surface area contributed by atoms with Gasteiger partial charge in [0.1, 0.15) is 11.5 Å². The molecule has 0 saturated carbocycles. The smallest absolute Gasteiger partial charge is 0.432 e. The minimum Gasteiger partial charge on any atom is -0.495 e. The Kier molecular flexibility index (Phi) is 6.35. The maximum absolute atomic E-state index is 13.4. The van der Waals surface area contributed by atoms with E-state index in [2.05, 4.69) is 4.74 Å². The van der Waals surface area contributed by atoms with E-state index in [1.54, 1.807) is 45.2 Å². The summed E-state index contributed by atoms with van der Waals surface area (Å²) in [5, 5.41) is -5.58. The number of rotatable bonds is 5. The SMILES string of the molecule is COc1c(I)cc(OC(C(F)(F)F)C(F)(F)S(=O)(=O)O)cc1I. The molecule has 1 atom stereocenters. The lowest BCUT2D eigenvalue weighted by Gasteiger charge is -2.27. The highest BCUT2D eigenvalue weighted by molar-refractivity contribution is 14.1. The van der Waals surface area contributed by atoms with Crippen LogP contribution >= 0.6 is 45.2 Å². The number of methoxy groups -OCH3 is 1. The van der Waals surface area contributed by atoms with Crippen molar-refractivity contribution >= 4 is 55.3 Å². The quantitative estimate of drug-likeness (QED) is 0.323. The third-order valence-electron chi connectivity index (χ3n) is 2.38. The summed E-state index contributed by atoms with van der Waals surface area (Å²) in [6.07, 6.45) is -9.83. The molecule has 0 bridgehead atoms. The second kappa shape index (κ2) is 6.99. The van der Waals surface area contributed by atoms with Gasteiger partial charge in [-0.2, -0.15) is 30.4 Å². The Morgan fingerprint density at radius 1 is 1.13 bits per heavy atom. The normalized spacial score (nSPS) is 14.5. The first-order valence-electron chi connectivity index (χ1n) is 5.33. The summed E-state index contributed by atoms with van der Waals surface area (Å²) in [4.78, 5) is 0. The zero-order chi connectivity index (χ0) is 18.2. The highest BCUT2D eigenvalue weighted by Crippen LogP contribution is 2.40. The summed E-state index contributed by atoms with van der Waals surface area (Å²) in [5.41, 5.74) is 0. The van der Waals surface area contributed by atoms with Gasteiger partial charge in [0.25, 0.3) is 6.10 Å². The van der Waals surface area contributed by atoms with Crippen molar-refractivity contribution in [2.45, 2.75) is 17.5 Å². The molecule has 0 spiro atoms. The molecule has 132 valence electrons. The van der Waals surface area contributed by atoms with Gasteiger partial charge in [-0.05, 0) is 57.3 Å². The van der Waals surface area contributed by atoms with Gasteiger partial charge in [0.2, 0.25) is 0 Å². The molecule has 0 amide bonds. The van der Waals surface area contributed by atoms with Crippen LogP contribution in [0.3, 0.4) is 0 Å². The van der Waals surface area contributed by atoms with Crippen molar-refractivity contribution in [1.29, 1.82) is 0 Å². The molecule has 13 heteroatoms. The fourth-order valence-electron chi connectivity index (χ4n) is 1.40. The maximum Gasteiger partial charge on any atom is 0.432 e. The van der Waals surface area contributed by atoms with Crippen LogP contribution in [0.2, 0.25) is 0 Å². The molecule has 23 heavy (non-hydrogen) atoms. The van der Waals surface area contributed by atoms with Gasteiger partial charge in [0.15, 0.2) is 0 Å². The fourth-order valence-corrected chi connectivity index (χ4v) is 4.00. The number of ether oxygens (including phenoxy) is 2. The molecule has 1 unspecified atom stereocenters. The van der Waals surface area contributed by atoms with Crippen LogP contribution in [0, 0.1) is 7.14 Å². The zero-order valence-corrected chi connectivity index (χ0v) is 16.0. The van der Waals surface area contributed by atoms with Gasteiger partial charge in [-0.25, -0.2) is 0 Å². The summed E-state index contributed by atoms with van der Waals surface area (Å²) in [6, 6.07) is 1.92. The Morgan fingerprint density at radius 3 is 1.87 bits per heavy atom. The van der Waals surface area contributed by atoms with Crippen LogP contribution in [-0.2, 0) is 10.1 Å². The first kappa shape index (κ1) is 20.9. The minimum atomic E-state index is -6.34. The lowest BCUT2D eigenvalue weighted by atomic mass is 10.3. The first-order chi connectivity index (χ1) is 10.2. The summed E-state index contributed by atoms with van der Waals surface area (Å²) in [6.45, 7) is 0. The predicted molar refractivity (Wildman–Crippen MR) is 85.4 cm³/mol. The molecule has 1 aromatic carbocycles. The third-order valence-corrected chi connectivity index (χ3v) is 4.88. The molecule has 0 aliphatic rings. The van der Waals surface area contributed by atoms with Crippen molar-refractivity contribution < 1.29 is 44.4 Å². The van der Waals surface area contributed by atoms with Crippen molar-refractivity contribution in [1.82, 2.24) is 0 Å². The van der Waals surface area contributed by atoms with E-state index in [-0.39, 0.29) is 12.9 Å². The first-order valence-corrected chi connectivity index (χ1v) is 8.92. The van der Waals surface area contributed by atoms with E-state index in [4.69, 9.17) is 9.29 Å². The van der Waals surface area contributed by atoms with Crippen LogP contribution < -0.4 is 9.47 Å². The molecule has 1 N–H and O–H groups in total. The third kappa shape index (κ3) is 4.68. The standard InChI is InChI=1S/C10H7F5I2O5S/c1-21-7-5(16)2-4(3-6(7)17)22-8(9(11,12)13)10(14,15)23(18,19)20/h2-3,8H,1H3,(H,18,19,20). The molecular weight excluding hydrogens is 581 g/mol. The number of hydrogen-bond donors (Lipinski definition) is 1. The van der Waals surface area contributed by atoms with Crippen molar-refractivity contribution in [2.75, 3.05) is 7.11 Å². The monoisotopic (exact) mass is 588 g/mol. The highest BCUT2D eigenvalue weighted by Gasteiger charge is 2.65. The number of benzene rings is 1. The minimum absolute atomic E-state index is 0.253. The molecule has 0 aliphatic carbocycles. The summed E-state index contributed by atoms with van der Waals surface area (Å²) < 4.78 is 104. The van der Waals surface area contributed by atoms with Gasteiger partial charge >= 0.3 is 21.5 Å². The Hall–Kier alpha value is -0.160. The summed E-state index contributed by atoms with van der Waals surface area (Å²) in [5.74, 6) is -0.381. The molecule has 0 heterocycles. The molecule has 0 aliphatic heterocycles. The van der Waals surface area contributed by atoms with E-state index < -0.39 is 33.4 Å². The van der Waals surface area contributed by atoms with Crippen molar-refractivity contribution in [3.8, 4) is 11.5 Å². The molecule has 1 aromatic rings. The fraction of sp³-hybridized carbons (Fsp3) is 0.400. The lowest BCUT2D eigenvalue weighted by molar-refractivity contribution is -0.239. The van der Waals surface area contributed by atoms with Gasteiger partial charge in [0.05, 0.1) is 14.3 Å². The lowest BCUT2D eigenvalue weighted by Crippen LogP contribution is -2.53. The van der Waals surface area contributed by atoms with Crippen molar-refractivity contribution in [3.05, 3.63) is 19.3 Å². The zero-order valence-electron chi connectivity index (χ0n) is 10.9. The average Bonchev–Trinajstić information content (AvgIpc) is 2.32. The second-order valence-electron chi connectivity index (χ2n) is 4.00. The van der Waals surface area contributed by atoms with Crippen LogP contribution in [0.4, 0.5) is 22.0 Å². The van der Waals surface area contributed by atoms with E-state index in [0.29, 0.717) is 0 Å². The largest absolute Gasteiger partial charge is 0.495 e. The van der Waals surface area contributed by atoms with Crippen LogP contribution in [0.5, 0.6) is 11.5 Å². The van der Waals surface area contributed by atoms with Crippen LogP contribution in [0.25, 0.3) is 0 Å². The molecule has 1 rings (SSSR count). The van der Waals surface area contributed by atoms with E-state index in [0.717, 1.165) is 12.1 Å². The Labute approximate surface area is 154 Å². The molecule has 0 radical (unpaired) electrons. The summed E-state index contributed by atoms with van der Waals surface area (Å²) in [7, 11) is -5.05. The Morgan fingerprint density at radius 2 is 1.57 bits per heavy atom. The van der Waals surface area contributed by atoms with Crippen molar-refractivity contribution in [3.63, 3.8) is 0 Å². The van der Waals surface area contributed by atoms with E-state index >= 15 is 0 Å². The van der Waals surface area contributed by atoms with Crippen molar-refractivity contribution in [2.24, 2.45) is 0 Å². The molecule has 0 fully saturated rings. The molecular formula is C10H7F5I2O5S. The molecule has 5 nitrogen and oxygen atoms in total. The highest BCUT2D eigenvalue weighted by atomic mass is 127. The molecule has 0 saturated heterocycles. The predicted octanol–water partition coefficient (Wildman–Crippen LogP) is 3.69. The van der Waals surface area contributed by atoms with Gasteiger partial charge in [-0.3, -0.25) is 4.55 Å². The second-order valence-corrected chi connectivity index (χ2v) is 7.82. The number of alkyl halides is 5. The van der Waals surface area contributed by atoms with E-state index in [9.17, 15) is 30.4 Å². The Balaban J connectivity index is 3.35. The summed E-state index contributed by atoms with van der Waals surface area (Å²) >= 11 is 3.34. The average molecular weight is 588 g/mol. The van der Waals surface area contributed by atoms with Gasteiger partial charge in [0, 0.05) is 0 Å². The van der Waals surface area contributed by atoms with Crippen LogP contribution in [0.15, 0.2) is 12.1 Å². The van der Waals surface area contributed by atoms with Crippen LogP contribution in [-0.4, -0.2) is 37.6 Å².